The highest BCUT2D eigenvalue weighted by molar-refractivity contribution is 6.99. The molecule has 18 heteroatoms. The molecule has 0 aliphatic carbocycles. The molecule has 0 N–H and O–H groups in total. The third kappa shape index (κ3) is 17.6. The fraction of sp³-hybridized carbons (Fsp3) is 0.393. The second-order valence-electron chi connectivity index (χ2n) is 28.4. The van der Waals surface area contributed by atoms with Gasteiger partial charge in [-0.25, -0.2) is 0 Å². The molecule has 0 aromatic heterocycles. The zero-order valence-electron chi connectivity index (χ0n) is 59.1. The van der Waals surface area contributed by atoms with Gasteiger partial charge in [-0.2, -0.15) is 0 Å². The summed E-state index contributed by atoms with van der Waals surface area (Å²) < 4.78 is 113. The molecule has 0 spiro atoms. The fourth-order valence-electron chi connectivity index (χ4n) is 14.4. The Morgan fingerprint density at radius 2 is 0.853 bits per heavy atom. The van der Waals surface area contributed by atoms with Gasteiger partial charge in [-0.1, -0.05) is 263 Å². The fourth-order valence-corrected chi connectivity index (χ4v) is 18.9. The highest BCUT2D eigenvalue weighted by Crippen LogP contribution is 2.47. The second-order valence-corrected chi connectivity index (χ2v) is 32.7. The van der Waals surface area contributed by atoms with E-state index in [4.69, 9.17) is 75.5 Å². The van der Waals surface area contributed by atoms with Crippen LogP contribution in [-0.4, -0.2) is 131 Å². The minimum absolute atomic E-state index is 0.00950. The minimum atomic E-state index is -3.32. The van der Waals surface area contributed by atoms with Gasteiger partial charge in [-0.3, -0.25) is 4.79 Å². The summed E-state index contributed by atoms with van der Waals surface area (Å²) in [5, 5.41) is 1.71. The summed E-state index contributed by atoms with van der Waals surface area (Å²) in [6, 6.07) is 80.0. The van der Waals surface area contributed by atoms with Crippen LogP contribution in [0.15, 0.2) is 255 Å². The first-order valence-corrected chi connectivity index (χ1v) is 37.2. The molecule has 536 valence electrons. The van der Waals surface area contributed by atoms with Crippen molar-refractivity contribution in [1.29, 1.82) is 0 Å². The van der Waals surface area contributed by atoms with Gasteiger partial charge in [0, 0.05) is 0 Å². The van der Waals surface area contributed by atoms with Crippen molar-refractivity contribution >= 4 is 24.5 Å². The molecular weight excluding hydrogens is 1310 g/mol. The Morgan fingerprint density at radius 3 is 1.34 bits per heavy atom. The van der Waals surface area contributed by atoms with Crippen LogP contribution in [0.2, 0.25) is 5.04 Å². The maximum atomic E-state index is 16.1. The summed E-state index contributed by atoms with van der Waals surface area (Å²) in [5.74, 6) is -4.52. The normalized spacial score (nSPS) is 27.5. The van der Waals surface area contributed by atoms with Crippen LogP contribution in [0, 0.1) is 0 Å². The lowest BCUT2D eigenvalue weighted by Crippen LogP contribution is -2.67. The van der Waals surface area contributed by atoms with E-state index in [1.807, 2.05) is 222 Å². The van der Waals surface area contributed by atoms with Crippen LogP contribution in [0.25, 0.3) is 0 Å². The molecule has 14 atom stereocenters. The van der Waals surface area contributed by atoms with E-state index in [1.165, 1.54) is 6.08 Å². The molecule has 0 bridgehead atoms. The van der Waals surface area contributed by atoms with Crippen LogP contribution in [0.1, 0.15) is 81.8 Å². The minimum Gasteiger partial charge on any atom is -0.405 e. The molecule has 0 radical (unpaired) electrons. The van der Waals surface area contributed by atoms with E-state index in [0.717, 1.165) is 43.8 Å². The summed E-state index contributed by atoms with van der Waals surface area (Å²) in [5.41, 5.74) is 5.27. The summed E-state index contributed by atoms with van der Waals surface area (Å²) in [4.78, 5) is 16.1. The highest BCUT2D eigenvalue weighted by Gasteiger charge is 2.64. The average Bonchev–Trinajstić information content (AvgIpc) is 1.41. The van der Waals surface area contributed by atoms with E-state index in [-0.39, 0.29) is 59.6 Å². The van der Waals surface area contributed by atoms with Gasteiger partial charge in [0.2, 0.25) is 5.79 Å². The Bertz CT molecular complexity index is 3860. The molecule has 0 saturated carbocycles. The predicted molar refractivity (Wildman–Crippen MR) is 385 cm³/mol. The molecular formula is C84H94O17Si. The Kier molecular flexibility index (Phi) is 23.8. The van der Waals surface area contributed by atoms with Crippen molar-refractivity contribution < 1.29 is 80.3 Å². The van der Waals surface area contributed by atoms with E-state index in [0.29, 0.717) is 0 Å². The largest absolute Gasteiger partial charge is 0.405 e. The van der Waals surface area contributed by atoms with Crippen LogP contribution >= 0.6 is 0 Å². The highest BCUT2D eigenvalue weighted by atomic mass is 28.4. The van der Waals surface area contributed by atoms with Crippen molar-refractivity contribution in [2.24, 2.45) is 0 Å². The third-order valence-electron chi connectivity index (χ3n) is 19.1. The summed E-state index contributed by atoms with van der Waals surface area (Å²) >= 11 is 0. The first kappa shape index (κ1) is 73.1. The summed E-state index contributed by atoms with van der Waals surface area (Å²) in [6.07, 6.45) is -10.0. The van der Waals surface area contributed by atoms with Crippen molar-refractivity contribution in [3.05, 3.63) is 288 Å². The molecule has 8 aromatic rings. The Labute approximate surface area is 600 Å². The first-order chi connectivity index (χ1) is 49.5. The number of carbonyl (C=O) groups is 1. The molecule has 5 heterocycles. The van der Waals surface area contributed by atoms with Crippen molar-refractivity contribution in [3.8, 4) is 0 Å². The number of ether oxygens (including phenoxy) is 15. The van der Waals surface area contributed by atoms with E-state index < -0.39 is 116 Å². The van der Waals surface area contributed by atoms with Crippen molar-refractivity contribution in [2.75, 3.05) is 20.0 Å². The number of ketones is 1. The van der Waals surface area contributed by atoms with Gasteiger partial charge in [0.15, 0.2) is 36.0 Å². The number of carbonyl (C=O) groups excluding carboxylic acids is 1. The van der Waals surface area contributed by atoms with Gasteiger partial charge < -0.3 is 75.5 Å². The lowest BCUT2D eigenvalue weighted by Gasteiger charge is -2.48. The van der Waals surface area contributed by atoms with E-state index in [9.17, 15) is 0 Å². The zero-order valence-corrected chi connectivity index (χ0v) is 60.1. The van der Waals surface area contributed by atoms with Gasteiger partial charge in [0.05, 0.1) is 46.2 Å². The maximum absolute atomic E-state index is 16.1. The number of fused-ring (bicyclic) bond motifs is 3. The van der Waals surface area contributed by atoms with Gasteiger partial charge >= 0.3 is 0 Å². The summed E-state index contributed by atoms with van der Waals surface area (Å²) in [7, 11) is -3.32. The third-order valence-corrected chi connectivity index (χ3v) is 24.1. The van der Waals surface area contributed by atoms with Gasteiger partial charge in [0.1, 0.15) is 74.4 Å². The monoisotopic (exact) mass is 1400 g/mol. The van der Waals surface area contributed by atoms with Crippen LogP contribution < -0.4 is 10.4 Å². The standard InChI is InChI=1S/C84H94O17Si/c1-81(2,3)102(65-44-28-14-29-45-65,66-46-30-15-31-47-66)93-56-69-72(88-51-60-34-18-9-19-35-60)78(92-55-64-42-26-13-27-43-64)84(96-69,57-87-58-86-50-59-32-16-8-17-33-59)101-79-76(91-54-63-40-24-12-25-41-63)74(90-53-62-38-22-11-23-39-62)73(89-52-61-36-20-10-21-37-61)70(95-79)67(85)48-49-68-71-75(98-82(4,5)97-71)77-80(94-68)100-83(6,7)99-77/h8-49,68-80H,50-58H2,1-7H3/b49-48+/t68-,69-,70-,71+,72-,73-,74+,75+,76-,77-,78+,79-,80-,84+/m1/s1. The molecule has 5 saturated heterocycles. The molecule has 13 rings (SSSR count). The molecule has 5 fully saturated rings. The van der Waals surface area contributed by atoms with Crippen LogP contribution in [-0.2, 0) is 120 Å². The Hall–Kier alpha value is -7.25. The van der Waals surface area contributed by atoms with Gasteiger partial charge in [-0.05, 0) is 88.6 Å². The van der Waals surface area contributed by atoms with Gasteiger partial charge in [-0.15, -0.1) is 0 Å². The molecule has 0 amide bonds. The van der Waals surface area contributed by atoms with Crippen LogP contribution in [0.5, 0.6) is 0 Å². The topological polar surface area (TPSA) is 165 Å². The molecule has 5 aliphatic heterocycles. The average molecular weight is 1400 g/mol. The number of benzene rings is 8. The first-order valence-electron chi connectivity index (χ1n) is 35.3. The quantitative estimate of drug-likeness (QED) is 0.0174. The number of hydrogen-bond donors (Lipinski definition) is 0. The predicted octanol–water partition coefficient (Wildman–Crippen LogP) is 13.0. The van der Waals surface area contributed by atoms with Crippen molar-refractivity contribution in [2.45, 2.75) is 190 Å². The Morgan fingerprint density at radius 1 is 0.441 bits per heavy atom. The van der Waals surface area contributed by atoms with Crippen molar-refractivity contribution in [1.82, 2.24) is 0 Å². The number of hydrogen-bond acceptors (Lipinski definition) is 17. The Balaban J connectivity index is 0.955. The maximum Gasteiger partial charge on any atom is 0.261 e. The van der Waals surface area contributed by atoms with E-state index in [2.05, 4.69) is 69.3 Å². The number of rotatable bonds is 31. The van der Waals surface area contributed by atoms with Gasteiger partial charge in [0.25, 0.3) is 8.32 Å². The molecule has 8 aromatic carbocycles. The molecule has 17 nitrogen and oxygen atoms in total. The lowest BCUT2D eigenvalue weighted by molar-refractivity contribution is -0.393. The SMILES string of the molecule is CC1(C)O[C@H]2[C@@H](O1)[C@@H](/C=C/C(=O)[C@H]1O[C@H](O[C@]3(COCOCc4ccccc4)O[C@H](CO[Si](c4ccccc4)(c4ccccc4)C(C)(C)C)[C@@H](OCc4ccccc4)[C@@H]3OCc3ccccc3)[C@H](OCc3ccccc3)[C@@H](OCc3ccccc3)[C@@H]1OCc1ccccc1)O[C@@H]1OC(C)(C)O[C@@H]12. The van der Waals surface area contributed by atoms with Crippen LogP contribution in [0.4, 0.5) is 0 Å². The molecule has 102 heavy (non-hydrogen) atoms. The van der Waals surface area contributed by atoms with E-state index in [1.54, 1.807) is 6.08 Å². The zero-order chi connectivity index (χ0) is 70.6. The smallest absolute Gasteiger partial charge is 0.261 e. The van der Waals surface area contributed by atoms with Crippen molar-refractivity contribution in [3.63, 3.8) is 0 Å². The van der Waals surface area contributed by atoms with Crippen LogP contribution in [0.3, 0.4) is 0 Å². The lowest BCUT2D eigenvalue weighted by atomic mass is 9.93. The van der Waals surface area contributed by atoms with E-state index >= 15 is 4.79 Å². The second kappa shape index (κ2) is 33.2. The molecule has 0 unspecified atom stereocenters. The molecule has 5 aliphatic rings. The summed E-state index contributed by atoms with van der Waals surface area (Å²) in [6.45, 7) is 14.2.